The molecular weight excluding hydrogens is 342 g/mol. The smallest absolute Gasteiger partial charge is 0.252 e. The lowest BCUT2D eigenvalue weighted by molar-refractivity contribution is -0.132. The van der Waals surface area contributed by atoms with E-state index < -0.39 is 0 Å². The second kappa shape index (κ2) is 7.31. The monoisotopic (exact) mass is 365 g/mol. The Kier molecular flexibility index (Phi) is 4.71. The van der Waals surface area contributed by atoms with E-state index in [2.05, 4.69) is 10.2 Å². The van der Waals surface area contributed by atoms with Crippen LogP contribution in [0.15, 0.2) is 48.5 Å². The summed E-state index contributed by atoms with van der Waals surface area (Å²) in [5.41, 5.74) is 2.74. The minimum Gasteiger partial charge on any atom is -0.497 e. The molecule has 2 heterocycles. The van der Waals surface area contributed by atoms with Crippen LogP contribution < -0.4 is 15.0 Å². The lowest BCUT2D eigenvalue weighted by Crippen LogP contribution is -2.49. The fourth-order valence-electron chi connectivity index (χ4n) is 3.79. The van der Waals surface area contributed by atoms with Gasteiger partial charge < -0.3 is 19.9 Å². The highest BCUT2D eigenvalue weighted by Gasteiger charge is 2.31. The Labute approximate surface area is 158 Å². The molecule has 2 aromatic carbocycles. The van der Waals surface area contributed by atoms with Crippen LogP contribution in [0.25, 0.3) is 0 Å². The van der Waals surface area contributed by atoms with E-state index in [-0.39, 0.29) is 17.9 Å². The second-order valence-electron chi connectivity index (χ2n) is 6.88. The summed E-state index contributed by atoms with van der Waals surface area (Å²) in [6.07, 6.45) is 0.311. The van der Waals surface area contributed by atoms with Crippen molar-refractivity contribution in [2.24, 2.45) is 0 Å². The maximum Gasteiger partial charge on any atom is 0.252 e. The summed E-state index contributed by atoms with van der Waals surface area (Å²) in [5, 5.41) is 2.93. The molecule has 4 rings (SSSR count). The standard InChI is InChI=1S/C21H23N3O3/c1-27-16-8-6-15(7-9-16)23-10-12-24(13-11-23)20(25)14-19-17-4-2-3-5-18(17)21(26)22-19/h2-9,19H,10-14H2,1H3,(H,22,26). The van der Waals surface area contributed by atoms with Crippen molar-refractivity contribution in [1.29, 1.82) is 0 Å². The van der Waals surface area contributed by atoms with Gasteiger partial charge in [-0.1, -0.05) is 18.2 Å². The summed E-state index contributed by atoms with van der Waals surface area (Å²) < 4.78 is 5.20. The van der Waals surface area contributed by atoms with E-state index in [1.807, 2.05) is 53.4 Å². The van der Waals surface area contributed by atoms with Gasteiger partial charge in [-0.3, -0.25) is 9.59 Å². The van der Waals surface area contributed by atoms with Gasteiger partial charge >= 0.3 is 0 Å². The van der Waals surface area contributed by atoms with Crippen molar-refractivity contribution in [1.82, 2.24) is 10.2 Å². The van der Waals surface area contributed by atoms with E-state index in [9.17, 15) is 9.59 Å². The van der Waals surface area contributed by atoms with Crippen LogP contribution in [0.5, 0.6) is 5.75 Å². The summed E-state index contributed by atoms with van der Waals surface area (Å²) in [7, 11) is 1.66. The number of nitrogens with one attached hydrogen (secondary N) is 1. The summed E-state index contributed by atoms with van der Waals surface area (Å²) >= 11 is 0. The van der Waals surface area contributed by atoms with E-state index in [0.717, 1.165) is 30.1 Å². The number of methoxy groups -OCH3 is 1. The van der Waals surface area contributed by atoms with Gasteiger partial charge in [0.1, 0.15) is 5.75 Å². The molecule has 2 aliphatic heterocycles. The Morgan fingerprint density at radius 2 is 1.78 bits per heavy atom. The average Bonchev–Trinajstić information content (AvgIpc) is 3.04. The molecule has 27 heavy (non-hydrogen) atoms. The number of carbonyl (C=O) groups is 2. The molecule has 0 bridgehead atoms. The molecule has 0 radical (unpaired) electrons. The quantitative estimate of drug-likeness (QED) is 0.903. The minimum atomic E-state index is -0.221. The Hall–Kier alpha value is -3.02. The van der Waals surface area contributed by atoms with Crippen LogP contribution in [-0.4, -0.2) is 50.0 Å². The lowest BCUT2D eigenvalue weighted by Gasteiger charge is -2.36. The van der Waals surface area contributed by atoms with E-state index >= 15 is 0 Å². The highest BCUT2D eigenvalue weighted by molar-refractivity contribution is 5.99. The van der Waals surface area contributed by atoms with E-state index in [4.69, 9.17) is 4.74 Å². The fourth-order valence-corrected chi connectivity index (χ4v) is 3.79. The van der Waals surface area contributed by atoms with Gasteiger partial charge in [-0.2, -0.15) is 0 Å². The van der Waals surface area contributed by atoms with Crippen LogP contribution in [0.4, 0.5) is 5.69 Å². The summed E-state index contributed by atoms with van der Waals surface area (Å²) in [4.78, 5) is 28.9. The average molecular weight is 365 g/mol. The molecule has 0 saturated carbocycles. The molecular formula is C21H23N3O3. The van der Waals surface area contributed by atoms with Crippen LogP contribution in [-0.2, 0) is 4.79 Å². The molecule has 1 saturated heterocycles. The number of carbonyl (C=O) groups excluding carboxylic acids is 2. The van der Waals surface area contributed by atoms with Gasteiger partial charge in [-0.05, 0) is 35.9 Å². The Bertz CT molecular complexity index is 842. The molecule has 6 nitrogen and oxygen atoms in total. The van der Waals surface area contributed by atoms with Crippen LogP contribution in [0.3, 0.4) is 0 Å². The van der Waals surface area contributed by atoms with Crippen LogP contribution >= 0.6 is 0 Å². The number of piperazine rings is 1. The van der Waals surface area contributed by atoms with Crippen molar-refractivity contribution in [3.63, 3.8) is 0 Å². The number of ether oxygens (including phenoxy) is 1. The SMILES string of the molecule is COc1ccc(N2CCN(C(=O)CC3NC(=O)c4ccccc43)CC2)cc1. The molecule has 6 heteroatoms. The third-order valence-corrected chi connectivity index (χ3v) is 5.33. The van der Waals surface area contributed by atoms with Gasteiger partial charge in [0.05, 0.1) is 19.6 Å². The number of rotatable bonds is 4. The van der Waals surface area contributed by atoms with Crippen molar-refractivity contribution in [2.75, 3.05) is 38.2 Å². The maximum atomic E-state index is 12.7. The van der Waals surface area contributed by atoms with E-state index in [1.165, 1.54) is 0 Å². The highest BCUT2D eigenvalue weighted by Crippen LogP contribution is 2.28. The van der Waals surface area contributed by atoms with Crippen molar-refractivity contribution in [2.45, 2.75) is 12.5 Å². The first-order valence-electron chi connectivity index (χ1n) is 9.22. The Balaban J connectivity index is 1.34. The van der Waals surface area contributed by atoms with Gasteiger partial charge in [-0.15, -0.1) is 0 Å². The summed E-state index contributed by atoms with van der Waals surface area (Å²) in [6, 6.07) is 15.3. The number of benzene rings is 2. The molecule has 2 aromatic rings. The third-order valence-electron chi connectivity index (χ3n) is 5.33. The topological polar surface area (TPSA) is 61.9 Å². The zero-order chi connectivity index (χ0) is 18.8. The molecule has 2 amide bonds. The van der Waals surface area contributed by atoms with Gasteiger partial charge in [-0.25, -0.2) is 0 Å². The van der Waals surface area contributed by atoms with Crippen LogP contribution in [0.1, 0.15) is 28.4 Å². The summed E-state index contributed by atoms with van der Waals surface area (Å²) in [6.45, 7) is 2.97. The number of anilines is 1. The van der Waals surface area contributed by atoms with Crippen molar-refractivity contribution < 1.29 is 14.3 Å². The molecule has 1 atom stereocenters. The van der Waals surface area contributed by atoms with Crippen molar-refractivity contribution >= 4 is 17.5 Å². The predicted molar refractivity (Wildman–Crippen MR) is 103 cm³/mol. The molecule has 1 unspecified atom stereocenters. The number of hydrogen-bond acceptors (Lipinski definition) is 4. The Morgan fingerprint density at radius 1 is 1.07 bits per heavy atom. The first-order chi connectivity index (χ1) is 13.2. The second-order valence-corrected chi connectivity index (χ2v) is 6.88. The number of fused-ring (bicyclic) bond motifs is 1. The van der Waals surface area contributed by atoms with Gasteiger partial charge in [0.25, 0.3) is 5.91 Å². The zero-order valence-corrected chi connectivity index (χ0v) is 15.4. The van der Waals surface area contributed by atoms with Gasteiger partial charge in [0.2, 0.25) is 5.91 Å². The first kappa shape index (κ1) is 17.4. The largest absolute Gasteiger partial charge is 0.497 e. The summed E-state index contributed by atoms with van der Waals surface area (Å²) in [5.74, 6) is 0.838. The minimum absolute atomic E-state index is 0.0892. The number of hydrogen-bond donors (Lipinski definition) is 1. The third kappa shape index (κ3) is 3.47. The lowest BCUT2D eigenvalue weighted by atomic mass is 10.0. The molecule has 0 spiro atoms. The molecule has 0 aliphatic carbocycles. The van der Waals surface area contributed by atoms with Crippen molar-refractivity contribution in [3.8, 4) is 5.75 Å². The van der Waals surface area contributed by atoms with Crippen LogP contribution in [0.2, 0.25) is 0 Å². The predicted octanol–water partition coefficient (Wildman–Crippen LogP) is 2.22. The van der Waals surface area contributed by atoms with Gasteiger partial charge in [0.15, 0.2) is 0 Å². The Morgan fingerprint density at radius 3 is 2.48 bits per heavy atom. The normalized spacial score (nSPS) is 18.9. The number of nitrogens with zero attached hydrogens (tertiary/aromatic N) is 2. The first-order valence-corrected chi connectivity index (χ1v) is 9.22. The van der Waals surface area contributed by atoms with Gasteiger partial charge in [0, 0.05) is 37.4 Å². The molecule has 1 N–H and O–H groups in total. The molecule has 0 aromatic heterocycles. The van der Waals surface area contributed by atoms with Crippen molar-refractivity contribution in [3.05, 3.63) is 59.7 Å². The molecule has 1 fully saturated rings. The van der Waals surface area contributed by atoms with Crippen LogP contribution in [0, 0.1) is 0 Å². The zero-order valence-electron chi connectivity index (χ0n) is 15.4. The molecule has 140 valence electrons. The maximum absolute atomic E-state index is 12.7. The fraction of sp³-hybridized carbons (Fsp3) is 0.333. The molecule has 2 aliphatic rings. The number of amides is 2. The van der Waals surface area contributed by atoms with E-state index in [0.29, 0.717) is 25.1 Å². The van der Waals surface area contributed by atoms with E-state index in [1.54, 1.807) is 7.11 Å². The highest BCUT2D eigenvalue weighted by atomic mass is 16.5.